The number of carbonyl (C=O) groups excluding carboxylic acids is 1. The van der Waals surface area contributed by atoms with Crippen molar-refractivity contribution in [1.82, 2.24) is 4.98 Å². The lowest BCUT2D eigenvalue weighted by molar-refractivity contribution is -0.142. The Balaban J connectivity index is 3.25. The standard InChI is InChI=1S/C11H9F2IN2O2/c1-2-18-8(17)3-7-6(4-15)5-16-11(14)9(7)10(12)13/h5,10H,2-3H2,1H3. The first kappa shape index (κ1) is 14.8. The third-order valence-electron chi connectivity index (χ3n) is 2.14. The van der Waals surface area contributed by atoms with Gasteiger partial charge in [-0.25, -0.2) is 13.8 Å². The SMILES string of the molecule is CCOC(=O)Cc1c(C#N)cnc(I)c1C(F)F. The van der Waals surface area contributed by atoms with Gasteiger partial charge in [-0.15, -0.1) is 0 Å². The monoisotopic (exact) mass is 366 g/mol. The van der Waals surface area contributed by atoms with Crippen molar-refractivity contribution in [2.45, 2.75) is 19.8 Å². The second-order valence-corrected chi connectivity index (χ2v) is 4.27. The number of nitrogens with zero attached hydrogens (tertiary/aromatic N) is 2. The van der Waals surface area contributed by atoms with Gasteiger partial charge in [0, 0.05) is 6.20 Å². The third kappa shape index (κ3) is 3.35. The lowest BCUT2D eigenvalue weighted by Gasteiger charge is -2.11. The molecule has 0 bridgehead atoms. The van der Waals surface area contributed by atoms with E-state index in [4.69, 9.17) is 10.00 Å². The van der Waals surface area contributed by atoms with Crippen LogP contribution in [0.4, 0.5) is 8.78 Å². The predicted octanol–water partition coefficient (Wildman–Crippen LogP) is 2.60. The Morgan fingerprint density at radius 1 is 1.67 bits per heavy atom. The molecule has 96 valence electrons. The summed E-state index contributed by atoms with van der Waals surface area (Å²) in [6.07, 6.45) is -1.96. The molecule has 0 aromatic carbocycles. The highest BCUT2D eigenvalue weighted by molar-refractivity contribution is 14.1. The Hall–Kier alpha value is -1.30. The minimum Gasteiger partial charge on any atom is -0.466 e. The van der Waals surface area contributed by atoms with Crippen molar-refractivity contribution in [1.29, 1.82) is 5.26 Å². The van der Waals surface area contributed by atoms with Crippen molar-refractivity contribution >= 4 is 28.6 Å². The smallest absolute Gasteiger partial charge is 0.310 e. The normalized spacial score (nSPS) is 10.2. The lowest BCUT2D eigenvalue weighted by atomic mass is 10.0. The molecule has 0 spiro atoms. The molecule has 1 heterocycles. The first-order chi connectivity index (χ1) is 8.51. The third-order valence-corrected chi connectivity index (χ3v) is 3.00. The summed E-state index contributed by atoms with van der Waals surface area (Å²) in [7, 11) is 0. The van der Waals surface area contributed by atoms with Gasteiger partial charge in [0.2, 0.25) is 0 Å². The number of ether oxygens (including phenoxy) is 1. The van der Waals surface area contributed by atoms with Gasteiger partial charge < -0.3 is 4.74 Å². The van der Waals surface area contributed by atoms with Crippen LogP contribution in [0.25, 0.3) is 0 Å². The zero-order valence-electron chi connectivity index (χ0n) is 9.41. The summed E-state index contributed by atoms with van der Waals surface area (Å²) in [5.74, 6) is -0.641. The molecule has 0 radical (unpaired) electrons. The number of nitriles is 1. The van der Waals surface area contributed by atoms with Gasteiger partial charge in [-0.1, -0.05) is 0 Å². The van der Waals surface area contributed by atoms with Crippen LogP contribution >= 0.6 is 22.6 Å². The highest BCUT2D eigenvalue weighted by Gasteiger charge is 2.23. The van der Waals surface area contributed by atoms with Crippen molar-refractivity contribution < 1.29 is 18.3 Å². The van der Waals surface area contributed by atoms with Crippen LogP contribution in [0.2, 0.25) is 0 Å². The predicted molar refractivity (Wildman–Crippen MR) is 67.0 cm³/mol. The number of rotatable bonds is 4. The van der Waals surface area contributed by atoms with E-state index in [2.05, 4.69) is 4.98 Å². The number of hydrogen-bond donors (Lipinski definition) is 0. The zero-order chi connectivity index (χ0) is 13.7. The topological polar surface area (TPSA) is 63.0 Å². The van der Waals surface area contributed by atoms with Crippen LogP contribution in [0.3, 0.4) is 0 Å². The van der Waals surface area contributed by atoms with E-state index in [1.165, 1.54) is 6.20 Å². The molecule has 1 rings (SSSR count). The van der Waals surface area contributed by atoms with Gasteiger partial charge in [0.15, 0.2) is 0 Å². The van der Waals surface area contributed by atoms with E-state index in [9.17, 15) is 13.6 Å². The molecule has 0 fully saturated rings. The molecule has 7 heteroatoms. The number of halogens is 3. The largest absolute Gasteiger partial charge is 0.466 e. The van der Waals surface area contributed by atoms with Crippen LogP contribution in [0.5, 0.6) is 0 Å². The molecule has 0 saturated carbocycles. The van der Waals surface area contributed by atoms with Crippen molar-refractivity contribution in [3.05, 3.63) is 26.6 Å². The van der Waals surface area contributed by atoms with E-state index in [-0.39, 0.29) is 33.4 Å². The van der Waals surface area contributed by atoms with E-state index in [1.54, 1.807) is 35.6 Å². The highest BCUT2D eigenvalue weighted by Crippen LogP contribution is 2.29. The molecule has 18 heavy (non-hydrogen) atoms. The summed E-state index contributed by atoms with van der Waals surface area (Å²) in [5, 5.41) is 8.87. The number of esters is 1. The molecule has 1 aromatic rings. The van der Waals surface area contributed by atoms with E-state index < -0.39 is 12.4 Å². The van der Waals surface area contributed by atoms with Crippen LogP contribution < -0.4 is 0 Å². The van der Waals surface area contributed by atoms with E-state index >= 15 is 0 Å². The molecule has 1 aromatic heterocycles. The van der Waals surface area contributed by atoms with Gasteiger partial charge in [-0.3, -0.25) is 4.79 Å². The average Bonchev–Trinajstić information content (AvgIpc) is 2.29. The molecular weight excluding hydrogens is 357 g/mol. The molecule has 0 aliphatic rings. The van der Waals surface area contributed by atoms with Crippen molar-refractivity contribution in [2.75, 3.05) is 6.61 Å². The van der Waals surface area contributed by atoms with Crippen molar-refractivity contribution in [3.8, 4) is 6.07 Å². The van der Waals surface area contributed by atoms with E-state index in [1.807, 2.05) is 0 Å². The summed E-state index contributed by atoms with van der Waals surface area (Å²) in [4.78, 5) is 15.1. The molecule has 0 amide bonds. The molecule has 0 saturated heterocycles. The van der Waals surface area contributed by atoms with Gasteiger partial charge in [0.1, 0.15) is 9.77 Å². The highest BCUT2D eigenvalue weighted by atomic mass is 127. The van der Waals surface area contributed by atoms with Crippen LogP contribution in [-0.2, 0) is 16.0 Å². The first-order valence-corrected chi connectivity index (χ1v) is 6.10. The Kier molecular flexibility index (Phi) is 5.40. The molecular formula is C11H9F2IN2O2. The van der Waals surface area contributed by atoms with Gasteiger partial charge in [-0.05, 0) is 35.1 Å². The summed E-state index contributed by atoms with van der Waals surface area (Å²) in [6.45, 7) is 1.78. The van der Waals surface area contributed by atoms with Crippen molar-refractivity contribution in [3.63, 3.8) is 0 Å². The van der Waals surface area contributed by atoms with E-state index in [0.717, 1.165) is 0 Å². The minimum absolute atomic E-state index is 0.00894. The Labute approximate surface area is 116 Å². The quantitative estimate of drug-likeness (QED) is 0.467. The molecule has 0 N–H and O–H groups in total. The molecule has 0 atom stereocenters. The summed E-state index contributed by atoms with van der Waals surface area (Å²) in [6, 6.07) is 1.76. The zero-order valence-corrected chi connectivity index (χ0v) is 11.6. The summed E-state index contributed by atoms with van der Waals surface area (Å²) >= 11 is 1.65. The Morgan fingerprint density at radius 2 is 2.33 bits per heavy atom. The summed E-state index contributed by atoms with van der Waals surface area (Å²) in [5.41, 5.74) is -0.410. The maximum Gasteiger partial charge on any atom is 0.310 e. The van der Waals surface area contributed by atoms with Gasteiger partial charge >= 0.3 is 5.97 Å². The number of aromatic nitrogens is 1. The average molecular weight is 366 g/mol. The fourth-order valence-corrected chi connectivity index (χ4v) is 2.10. The Morgan fingerprint density at radius 3 is 2.83 bits per heavy atom. The fourth-order valence-electron chi connectivity index (χ4n) is 1.40. The lowest BCUT2D eigenvalue weighted by Crippen LogP contribution is -2.13. The molecule has 0 aliphatic carbocycles. The van der Waals surface area contributed by atoms with Gasteiger partial charge in [0.05, 0.1) is 24.2 Å². The molecule has 0 aliphatic heterocycles. The van der Waals surface area contributed by atoms with Crippen molar-refractivity contribution in [2.24, 2.45) is 0 Å². The number of alkyl halides is 2. The first-order valence-electron chi connectivity index (χ1n) is 5.02. The second kappa shape index (κ2) is 6.58. The number of pyridine rings is 1. The van der Waals surface area contributed by atoms with Crippen LogP contribution in [0.15, 0.2) is 6.20 Å². The fraction of sp³-hybridized carbons (Fsp3) is 0.364. The molecule has 0 unspecified atom stereocenters. The van der Waals surface area contributed by atoms with E-state index in [0.29, 0.717) is 0 Å². The maximum atomic E-state index is 12.9. The number of hydrogen-bond acceptors (Lipinski definition) is 4. The molecule has 4 nitrogen and oxygen atoms in total. The van der Waals surface area contributed by atoms with Crippen LogP contribution in [0.1, 0.15) is 30.0 Å². The van der Waals surface area contributed by atoms with Crippen LogP contribution in [-0.4, -0.2) is 17.6 Å². The minimum atomic E-state index is -2.79. The maximum absolute atomic E-state index is 12.9. The second-order valence-electron chi connectivity index (χ2n) is 3.25. The van der Waals surface area contributed by atoms with Gasteiger partial charge in [0.25, 0.3) is 6.43 Å². The number of carbonyl (C=O) groups is 1. The Bertz CT molecular complexity index is 501. The van der Waals surface area contributed by atoms with Gasteiger partial charge in [-0.2, -0.15) is 5.26 Å². The summed E-state index contributed by atoms with van der Waals surface area (Å²) < 4.78 is 30.7. The van der Waals surface area contributed by atoms with Crippen LogP contribution in [0, 0.1) is 15.0 Å².